The lowest BCUT2D eigenvalue weighted by Gasteiger charge is -2.20. The number of ether oxygens (including phenoxy) is 2. The van der Waals surface area contributed by atoms with Gasteiger partial charge in [0.2, 0.25) is 0 Å². The van der Waals surface area contributed by atoms with Crippen molar-refractivity contribution in [3.63, 3.8) is 0 Å². The second-order valence-electron chi connectivity index (χ2n) is 7.24. The molecule has 0 aliphatic rings. The van der Waals surface area contributed by atoms with Crippen molar-refractivity contribution in [3.8, 4) is 5.75 Å². The van der Waals surface area contributed by atoms with Crippen LogP contribution >= 0.6 is 0 Å². The van der Waals surface area contributed by atoms with Crippen LogP contribution in [0.15, 0.2) is 60.9 Å². The number of aromatic nitrogens is 1. The maximum Gasteiger partial charge on any atom is 0.412 e. The van der Waals surface area contributed by atoms with Crippen LogP contribution in [0.5, 0.6) is 5.75 Å². The Morgan fingerprint density at radius 1 is 1.00 bits per heavy atom. The Bertz CT molecular complexity index is 918. The van der Waals surface area contributed by atoms with Crippen molar-refractivity contribution in [1.29, 1.82) is 0 Å². The Morgan fingerprint density at radius 2 is 1.70 bits per heavy atom. The van der Waals surface area contributed by atoms with E-state index < -0.39 is 11.7 Å². The van der Waals surface area contributed by atoms with Crippen LogP contribution in [0.1, 0.15) is 26.3 Å². The minimum absolute atomic E-state index is 0.473. The van der Waals surface area contributed by atoms with Gasteiger partial charge in [-0.15, -0.1) is 0 Å². The topological polar surface area (TPSA) is 60.5 Å². The molecule has 0 radical (unpaired) electrons. The number of nitrogens with zero attached hydrogens (tertiary/aromatic N) is 1. The largest absolute Gasteiger partial charge is 0.493 e. The van der Waals surface area contributed by atoms with Crippen molar-refractivity contribution >= 4 is 22.6 Å². The molecule has 0 spiro atoms. The fraction of sp³-hybridized carbons (Fsp3) is 0.273. The molecule has 0 aliphatic carbocycles. The van der Waals surface area contributed by atoms with E-state index in [1.807, 2.05) is 69.3 Å². The Labute approximate surface area is 159 Å². The first-order valence-corrected chi connectivity index (χ1v) is 8.96. The number of nitrogens with one attached hydrogen (secondary N) is 1. The second-order valence-corrected chi connectivity index (χ2v) is 7.24. The van der Waals surface area contributed by atoms with Gasteiger partial charge in [-0.05, 0) is 50.6 Å². The molecule has 0 saturated heterocycles. The third-order valence-corrected chi connectivity index (χ3v) is 3.92. The normalized spacial score (nSPS) is 11.2. The molecule has 1 heterocycles. The van der Waals surface area contributed by atoms with E-state index in [2.05, 4.69) is 10.3 Å². The van der Waals surface area contributed by atoms with Gasteiger partial charge in [0.05, 0.1) is 12.3 Å². The highest BCUT2D eigenvalue weighted by atomic mass is 16.6. The summed E-state index contributed by atoms with van der Waals surface area (Å²) in [5, 5.41) is 4.68. The van der Waals surface area contributed by atoms with Crippen LogP contribution < -0.4 is 10.1 Å². The third-order valence-electron chi connectivity index (χ3n) is 3.92. The molecule has 0 fully saturated rings. The highest BCUT2D eigenvalue weighted by molar-refractivity contribution is 6.02. The number of carbonyl (C=O) groups excluding carboxylic acids is 1. The van der Waals surface area contributed by atoms with Gasteiger partial charge in [-0.25, -0.2) is 4.79 Å². The first-order valence-electron chi connectivity index (χ1n) is 8.96. The quantitative estimate of drug-likeness (QED) is 0.676. The molecule has 5 nitrogen and oxygen atoms in total. The SMILES string of the molecule is CC(C)(C)OC(=O)Nc1ccc(OCCc2ccncc2)c2ccccc12. The molecule has 0 atom stereocenters. The van der Waals surface area contributed by atoms with Crippen molar-refractivity contribution in [2.75, 3.05) is 11.9 Å². The molecule has 27 heavy (non-hydrogen) atoms. The summed E-state index contributed by atoms with van der Waals surface area (Å²) in [5.41, 5.74) is 1.33. The Balaban J connectivity index is 1.75. The lowest BCUT2D eigenvalue weighted by Crippen LogP contribution is -2.27. The molecule has 0 bridgehead atoms. The molecule has 0 saturated carbocycles. The zero-order valence-electron chi connectivity index (χ0n) is 15.9. The van der Waals surface area contributed by atoms with E-state index in [-0.39, 0.29) is 0 Å². The van der Waals surface area contributed by atoms with Crippen LogP contribution in [0.2, 0.25) is 0 Å². The highest BCUT2D eigenvalue weighted by Crippen LogP contribution is 2.32. The van der Waals surface area contributed by atoms with Crippen LogP contribution in [0.25, 0.3) is 10.8 Å². The first kappa shape index (κ1) is 18.7. The Kier molecular flexibility index (Phi) is 5.60. The lowest BCUT2D eigenvalue weighted by molar-refractivity contribution is 0.0636. The minimum Gasteiger partial charge on any atom is -0.493 e. The summed E-state index contributed by atoms with van der Waals surface area (Å²) >= 11 is 0. The fourth-order valence-corrected chi connectivity index (χ4v) is 2.75. The van der Waals surface area contributed by atoms with Gasteiger partial charge in [0.25, 0.3) is 0 Å². The predicted octanol–water partition coefficient (Wildman–Crippen LogP) is 5.20. The summed E-state index contributed by atoms with van der Waals surface area (Å²) in [6.07, 6.45) is 3.89. The van der Waals surface area contributed by atoms with Crippen LogP contribution in [0.4, 0.5) is 10.5 Å². The van der Waals surface area contributed by atoms with Gasteiger partial charge < -0.3 is 9.47 Å². The molecule has 1 N–H and O–H groups in total. The van der Waals surface area contributed by atoms with Crippen LogP contribution in [0.3, 0.4) is 0 Å². The average Bonchev–Trinajstić information content (AvgIpc) is 2.63. The highest BCUT2D eigenvalue weighted by Gasteiger charge is 2.17. The Morgan fingerprint density at radius 3 is 2.41 bits per heavy atom. The molecule has 1 aromatic heterocycles. The molecule has 0 aliphatic heterocycles. The molecule has 3 rings (SSSR count). The number of anilines is 1. The van der Waals surface area contributed by atoms with Gasteiger partial charge in [-0.2, -0.15) is 0 Å². The van der Waals surface area contributed by atoms with Crippen LogP contribution in [0, 0.1) is 0 Å². The number of carbonyl (C=O) groups is 1. The zero-order chi connectivity index (χ0) is 19.3. The van der Waals surface area contributed by atoms with Gasteiger partial charge in [-0.3, -0.25) is 10.3 Å². The van der Waals surface area contributed by atoms with E-state index in [9.17, 15) is 4.79 Å². The lowest BCUT2D eigenvalue weighted by atomic mass is 10.1. The third kappa shape index (κ3) is 5.20. The van der Waals surface area contributed by atoms with E-state index in [0.29, 0.717) is 12.3 Å². The maximum atomic E-state index is 12.1. The summed E-state index contributed by atoms with van der Waals surface area (Å²) in [6.45, 7) is 6.08. The molecule has 0 unspecified atom stereocenters. The average molecular weight is 364 g/mol. The molecular formula is C22H24N2O3. The molecule has 3 aromatic rings. The van der Waals surface area contributed by atoms with Gasteiger partial charge >= 0.3 is 6.09 Å². The minimum atomic E-state index is -0.546. The summed E-state index contributed by atoms with van der Waals surface area (Å²) in [7, 11) is 0. The molecule has 5 heteroatoms. The number of hydrogen-bond acceptors (Lipinski definition) is 4. The van der Waals surface area contributed by atoms with Crippen molar-refractivity contribution in [1.82, 2.24) is 4.98 Å². The van der Waals surface area contributed by atoms with E-state index in [0.717, 1.165) is 22.9 Å². The number of benzene rings is 2. The number of fused-ring (bicyclic) bond motifs is 1. The van der Waals surface area contributed by atoms with Gasteiger partial charge in [0.15, 0.2) is 0 Å². The van der Waals surface area contributed by atoms with Crippen molar-refractivity contribution in [2.45, 2.75) is 32.8 Å². The second kappa shape index (κ2) is 8.08. The molecule has 2 aromatic carbocycles. The predicted molar refractivity (Wildman–Crippen MR) is 107 cm³/mol. The fourth-order valence-electron chi connectivity index (χ4n) is 2.75. The van der Waals surface area contributed by atoms with E-state index in [4.69, 9.17) is 9.47 Å². The van der Waals surface area contributed by atoms with Gasteiger partial charge in [-0.1, -0.05) is 24.3 Å². The summed E-state index contributed by atoms with van der Waals surface area (Å²) in [4.78, 5) is 16.1. The smallest absolute Gasteiger partial charge is 0.412 e. The summed E-state index contributed by atoms with van der Waals surface area (Å²) < 4.78 is 11.3. The van der Waals surface area contributed by atoms with Crippen molar-refractivity contribution in [3.05, 3.63) is 66.5 Å². The summed E-state index contributed by atoms with van der Waals surface area (Å²) in [5.74, 6) is 0.786. The standard InChI is InChI=1S/C22H24N2O3/c1-22(2,3)27-21(25)24-19-8-9-20(18-7-5-4-6-17(18)19)26-15-12-16-10-13-23-14-11-16/h4-11,13-14H,12,15H2,1-3H3,(H,24,25). The molecular weight excluding hydrogens is 340 g/mol. The van der Waals surface area contributed by atoms with E-state index in [1.165, 1.54) is 5.56 Å². The van der Waals surface area contributed by atoms with E-state index in [1.54, 1.807) is 12.4 Å². The first-order chi connectivity index (χ1) is 12.9. The number of pyridine rings is 1. The number of amides is 1. The van der Waals surface area contributed by atoms with Crippen molar-refractivity contribution < 1.29 is 14.3 Å². The zero-order valence-corrected chi connectivity index (χ0v) is 15.9. The van der Waals surface area contributed by atoms with Crippen LogP contribution in [-0.2, 0) is 11.2 Å². The van der Waals surface area contributed by atoms with Gasteiger partial charge in [0.1, 0.15) is 11.4 Å². The van der Waals surface area contributed by atoms with E-state index >= 15 is 0 Å². The van der Waals surface area contributed by atoms with Crippen LogP contribution in [-0.4, -0.2) is 23.3 Å². The Hall–Kier alpha value is -3.08. The molecule has 1 amide bonds. The number of rotatable bonds is 5. The van der Waals surface area contributed by atoms with Gasteiger partial charge in [0, 0.05) is 29.6 Å². The number of hydrogen-bond donors (Lipinski definition) is 1. The maximum absolute atomic E-state index is 12.1. The monoisotopic (exact) mass is 364 g/mol. The molecule has 140 valence electrons. The van der Waals surface area contributed by atoms with Crippen molar-refractivity contribution in [2.24, 2.45) is 0 Å². The summed E-state index contributed by atoms with van der Waals surface area (Å²) in [6, 6.07) is 15.5.